The van der Waals surface area contributed by atoms with Crippen molar-refractivity contribution in [3.8, 4) is 0 Å². The number of ether oxygens (including phenoxy) is 2. The van der Waals surface area contributed by atoms with Gasteiger partial charge in [-0.15, -0.1) is 0 Å². The van der Waals surface area contributed by atoms with Crippen LogP contribution in [-0.4, -0.2) is 55.8 Å². The summed E-state index contributed by atoms with van der Waals surface area (Å²) >= 11 is 0. The highest BCUT2D eigenvalue weighted by atomic mass is 19.1. The number of carbonyl (C=O) groups excluding carboxylic acids is 1. The fourth-order valence-corrected chi connectivity index (χ4v) is 6.05. The van der Waals surface area contributed by atoms with Crippen molar-refractivity contribution in [2.45, 2.75) is 81.2 Å². The lowest BCUT2D eigenvalue weighted by Gasteiger charge is -2.61. The molecule has 0 aromatic carbocycles. The second-order valence-electron chi connectivity index (χ2n) is 11.0. The van der Waals surface area contributed by atoms with Crippen molar-refractivity contribution in [3.05, 3.63) is 35.4 Å². The Kier molecular flexibility index (Phi) is 4.99. The van der Waals surface area contributed by atoms with Gasteiger partial charge in [-0.05, 0) is 56.9 Å². The lowest BCUT2D eigenvalue weighted by Crippen LogP contribution is -2.68. The van der Waals surface area contributed by atoms with Crippen LogP contribution in [0.3, 0.4) is 0 Å². The minimum absolute atomic E-state index is 0.0778. The van der Waals surface area contributed by atoms with Gasteiger partial charge in [-0.3, -0.25) is 5.10 Å². The van der Waals surface area contributed by atoms with E-state index in [-0.39, 0.29) is 5.54 Å². The number of hydrogen-bond acceptors (Lipinski definition) is 7. The van der Waals surface area contributed by atoms with E-state index in [1.807, 2.05) is 22.8 Å². The van der Waals surface area contributed by atoms with E-state index in [4.69, 9.17) is 14.5 Å². The van der Waals surface area contributed by atoms with Crippen LogP contribution in [0.25, 0.3) is 5.52 Å². The van der Waals surface area contributed by atoms with Crippen molar-refractivity contribution in [2.75, 3.05) is 12.4 Å². The molecule has 0 spiro atoms. The predicted molar refractivity (Wildman–Crippen MR) is 128 cm³/mol. The van der Waals surface area contributed by atoms with E-state index >= 15 is 4.39 Å². The number of alkyl carbamates (subject to hydrolysis) is 1. The molecular weight excluding hydrogens is 465 g/mol. The molecule has 5 saturated carbocycles. The predicted octanol–water partition coefficient (Wildman–Crippen LogP) is 4.08. The fraction of sp³-hybridized carbons (Fsp3) is 0.600. The van der Waals surface area contributed by atoms with Gasteiger partial charge in [0, 0.05) is 36.2 Å². The number of amides is 1. The number of rotatable bonds is 8. The van der Waals surface area contributed by atoms with Crippen molar-refractivity contribution in [3.63, 3.8) is 0 Å². The lowest BCUT2D eigenvalue weighted by molar-refractivity contribution is -0.0532. The standard InChI is InChI=1S/C25H30FN7O3/c1-35-12-15-6-19-23(27-18(14-2-3-14)11-33(19)32-15)28-21-7-17(30-31-21)16-4-5-20(22(16)26)36-24(34)29-25-8-13(9-25)10-25/h6-7,11,13-14,16,20,22H,2-5,8-10,12H2,1H3,(H,29,34)(H2,27,28,30,31)/t13?,16-,20-,22+,25?/m0/s1. The average Bonchev–Trinajstić information content (AvgIpc) is 3.26. The Labute approximate surface area is 207 Å². The van der Waals surface area contributed by atoms with Gasteiger partial charge < -0.3 is 20.1 Å². The second-order valence-corrected chi connectivity index (χ2v) is 11.0. The zero-order valence-corrected chi connectivity index (χ0v) is 20.2. The van der Waals surface area contributed by atoms with Crippen molar-refractivity contribution in [1.29, 1.82) is 0 Å². The largest absolute Gasteiger partial charge is 0.443 e. The van der Waals surface area contributed by atoms with Gasteiger partial charge in [0.15, 0.2) is 11.6 Å². The summed E-state index contributed by atoms with van der Waals surface area (Å²) in [4.78, 5) is 17.1. The number of carbonyl (C=O) groups is 1. The van der Waals surface area contributed by atoms with Crippen LogP contribution in [0, 0.1) is 5.92 Å². The molecule has 0 radical (unpaired) electrons. The molecule has 3 atom stereocenters. The Hall–Kier alpha value is -3.21. The molecule has 10 nitrogen and oxygen atoms in total. The van der Waals surface area contributed by atoms with Gasteiger partial charge in [-0.25, -0.2) is 18.7 Å². The number of hydrogen-bond donors (Lipinski definition) is 3. The Balaban J connectivity index is 1.05. The average molecular weight is 496 g/mol. The molecule has 8 rings (SSSR count). The minimum atomic E-state index is -1.29. The van der Waals surface area contributed by atoms with Gasteiger partial charge in [-0.2, -0.15) is 10.2 Å². The van der Waals surface area contributed by atoms with Gasteiger partial charge in [0.1, 0.15) is 17.8 Å². The first-order valence-corrected chi connectivity index (χ1v) is 12.8. The normalized spacial score (nSPS) is 30.6. The van der Waals surface area contributed by atoms with Crippen LogP contribution in [0.1, 0.15) is 73.9 Å². The summed E-state index contributed by atoms with van der Waals surface area (Å²) in [5.74, 6) is 2.01. The topological polar surface area (TPSA) is 118 Å². The Morgan fingerprint density at radius 1 is 1.25 bits per heavy atom. The lowest BCUT2D eigenvalue weighted by atomic mass is 9.50. The van der Waals surface area contributed by atoms with Crippen LogP contribution in [0.2, 0.25) is 0 Å². The molecule has 5 aliphatic carbocycles. The third-order valence-corrected chi connectivity index (χ3v) is 8.22. The van der Waals surface area contributed by atoms with E-state index < -0.39 is 24.3 Å². The molecule has 11 heteroatoms. The highest BCUT2D eigenvalue weighted by molar-refractivity contribution is 5.73. The number of alkyl halides is 1. The van der Waals surface area contributed by atoms with Crippen molar-refractivity contribution < 1.29 is 18.7 Å². The number of anilines is 2. The third-order valence-electron chi connectivity index (χ3n) is 8.22. The van der Waals surface area contributed by atoms with Crippen LogP contribution in [0.15, 0.2) is 18.3 Å². The number of nitrogens with one attached hydrogen (secondary N) is 3. The smallest absolute Gasteiger partial charge is 0.407 e. The monoisotopic (exact) mass is 495 g/mol. The highest BCUT2D eigenvalue weighted by Gasteiger charge is 2.58. The molecule has 3 aromatic rings. The number of halogens is 1. The number of nitrogens with zero attached hydrogens (tertiary/aromatic N) is 4. The molecule has 2 bridgehead atoms. The van der Waals surface area contributed by atoms with Gasteiger partial charge in [0.2, 0.25) is 0 Å². The minimum Gasteiger partial charge on any atom is -0.443 e. The van der Waals surface area contributed by atoms with Crippen LogP contribution in [0.5, 0.6) is 0 Å². The zero-order chi connectivity index (χ0) is 24.4. The second kappa shape index (κ2) is 8.16. The fourth-order valence-electron chi connectivity index (χ4n) is 6.05. The third kappa shape index (κ3) is 3.80. The highest BCUT2D eigenvalue weighted by Crippen LogP contribution is 2.57. The Morgan fingerprint density at radius 3 is 2.81 bits per heavy atom. The van der Waals surface area contributed by atoms with Crippen molar-refractivity contribution in [2.24, 2.45) is 5.92 Å². The first-order valence-electron chi connectivity index (χ1n) is 12.8. The maximum Gasteiger partial charge on any atom is 0.407 e. The number of methoxy groups -OCH3 is 1. The molecule has 3 aromatic heterocycles. The summed E-state index contributed by atoms with van der Waals surface area (Å²) in [7, 11) is 1.64. The quantitative estimate of drug-likeness (QED) is 0.431. The summed E-state index contributed by atoms with van der Waals surface area (Å²) in [6.45, 7) is 0.411. The van der Waals surface area contributed by atoms with Crippen LogP contribution in [-0.2, 0) is 16.1 Å². The summed E-state index contributed by atoms with van der Waals surface area (Å²) in [5.41, 5.74) is 3.23. The number of aromatic nitrogens is 5. The van der Waals surface area contributed by atoms with E-state index in [1.165, 1.54) is 0 Å². The van der Waals surface area contributed by atoms with E-state index in [2.05, 4.69) is 25.9 Å². The molecule has 5 fully saturated rings. The molecular formula is C25H30FN7O3. The number of fused-ring (bicyclic) bond motifs is 1. The molecule has 0 unspecified atom stereocenters. The van der Waals surface area contributed by atoms with Crippen molar-refractivity contribution in [1.82, 2.24) is 30.1 Å². The molecule has 0 saturated heterocycles. The van der Waals surface area contributed by atoms with E-state index in [9.17, 15) is 4.79 Å². The summed E-state index contributed by atoms with van der Waals surface area (Å²) in [6, 6.07) is 3.76. The van der Waals surface area contributed by atoms with E-state index in [1.54, 1.807) is 7.11 Å². The number of H-pyrrole nitrogens is 1. The SMILES string of the molecule is COCc1cc2c(Nc3cc([C@@H]4CC[C@H](OC(=O)NC56CC(C5)C6)[C@@H]4F)[nH]n3)nc(C3CC3)cn2n1. The first-order chi connectivity index (χ1) is 17.5. The summed E-state index contributed by atoms with van der Waals surface area (Å²) in [6.07, 6.45) is 5.84. The summed E-state index contributed by atoms with van der Waals surface area (Å²) < 4.78 is 27.8. The zero-order valence-electron chi connectivity index (χ0n) is 20.2. The van der Waals surface area contributed by atoms with E-state index in [0.717, 1.165) is 54.9 Å². The van der Waals surface area contributed by atoms with Crippen LogP contribution >= 0.6 is 0 Å². The molecule has 36 heavy (non-hydrogen) atoms. The van der Waals surface area contributed by atoms with E-state index in [0.29, 0.717) is 42.7 Å². The van der Waals surface area contributed by atoms with Crippen molar-refractivity contribution >= 4 is 23.2 Å². The van der Waals surface area contributed by atoms with Crippen LogP contribution in [0.4, 0.5) is 20.8 Å². The van der Waals surface area contributed by atoms with Gasteiger partial charge in [0.05, 0.1) is 24.2 Å². The first kappa shape index (κ1) is 22.0. The molecule has 1 amide bonds. The van der Waals surface area contributed by atoms with Gasteiger partial charge >= 0.3 is 6.09 Å². The maximum absolute atomic E-state index is 15.3. The Bertz CT molecular complexity index is 1300. The Morgan fingerprint density at radius 2 is 2.08 bits per heavy atom. The van der Waals surface area contributed by atoms with Gasteiger partial charge in [-0.1, -0.05) is 0 Å². The van der Waals surface area contributed by atoms with Crippen LogP contribution < -0.4 is 10.6 Å². The molecule has 3 heterocycles. The summed E-state index contributed by atoms with van der Waals surface area (Å²) in [5, 5.41) is 18.2. The van der Waals surface area contributed by atoms with Gasteiger partial charge in [0.25, 0.3) is 0 Å². The maximum atomic E-state index is 15.3. The molecule has 3 N–H and O–H groups in total. The molecule has 0 aliphatic heterocycles. The number of aromatic amines is 1. The molecule has 5 aliphatic rings. The molecule has 190 valence electrons.